The number of thiazole rings is 1. The van der Waals surface area contributed by atoms with E-state index in [1.165, 1.54) is 0 Å². The molecule has 0 unspecified atom stereocenters. The summed E-state index contributed by atoms with van der Waals surface area (Å²) in [5, 5.41) is 4.87. The van der Waals surface area contributed by atoms with Crippen molar-refractivity contribution in [2.75, 3.05) is 19.0 Å². The van der Waals surface area contributed by atoms with Crippen LogP contribution in [-0.2, 0) is 6.54 Å². The second kappa shape index (κ2) is 5.57. The smallest absolute Gasteiger partial charge is 0.251 e. The first kappa shape index (κ1) is 13.6. The van der Waals surface area contributed by atoms with Crippen LogP contribution in [0.15, 0.2) is 42.0 Å². The second-order valence-electron chi connectivity index (χ2n) is 4.95. The van der Waals surface area contributed by atoms with Crippen molar-refractivity contribution in [2.45, 2.75) is 6.54 Å². The van der Waals surface area contributed by atoms with Crippen molar-refractivity contribution in [1.82, 2.24) is 14.7 Å². The lowest BCUT2D eigenvalue weighted by atomic mass is 10.2. The van der Waals surface area contributed by atoms with Crippen LogP contribution < -0.4 is 10.2 Å². The van der Waals surface area contributed by atoms with Crippen molar-refractivity contribution >= 4 is 27.9 Å². The van der Waals surface area contributed by atoms with Gasteiger partial charge in [0.05, 0.1) is 12.2 Å². The minimum absolute atomic E-state index is 0.0864. The van der Waals surface area contributed by atoms with Gasteiger partial charge >= 0.3 is 0 Å². The fourth-order valence-corrected chi connectivity index (χ4v) is 2.76. The van der Waals surface area contributed by atoms with E-state index in [-0.39, 0.29) is 5.91 Å². The van der Waals surface area contributed by atoms with E-state index < -0.39 is 0 Å². The zero-order chi connectivity index (χ0) is 14.8. The fraction of sp³-hybridized carbons (Fsp3) is 0.200. The summed E-state index contributed by atoms with van der Waals surface area (Å²) in [7, 11) is 3.94. The number of imidazole rings is 1. The summed E-state index contributed by atoms with van der Waals surface area (Å²) in [5.41, 5.74) is 2.59. The molecule has 0 aliphatic carbocycles. The van der Waals surface area contributed by atoms with Gasteiger partial charge in [-0.25, -0.2) is 4.98 Å². The lowest BCUT2D eigenvalue weighted by Gasteiger charge is -2.12. The standard InChI is InChI=1S/C15H16N4OS/c1-18(2)13-5-3-11(4-6-13)14(20)16-9-12-10-19-7-8-21-15(19)17-12/h3-8,10H,9H2,1-2H3,(H,16,20). The maximum atomic E-state index is 12.1. The highest BCUT2D eigenvalue weighted by atomic mass is 32.1. The highest BCUT2D eigenvalue weighted by Gasteiger charge is 2.08. The third-order valence-corrected chi connectivity index (χ3v) is 3.99. The number of anilines is 1. The molecule has 0 fully saturated rings. The molecule has 1 N–H and O–H groups in total. The first-order chi connectivity index (χ1) is 10.1. The van der Waals surface area contributed by atoms with Crippen LogP contribution in [0.4, 0.5) is 5.69 Å². The number of nitrogens with one attached hydrogen (secondary N) is 1. The number of fused-ring (bicyclic) bond motifs is 1. The molecule has 108 valence electrons. The van der Waals surface area contributed by atoms with Crippen LogP contribution in [0.1, 0.15) is 16.1 Å². The number of hydrogen-bond acceptors (Lipinski definition) is 4. The molecular weight excluding hydrogens is 284 g/mol. The summed E-state index contributed by atoms with van der Waals surface area (Å²) in [6.45, 7) is 0.433. The molecule has 2 heterocycles. The summed E-state index contributed by atoms with van der Waals surface area (Å²) >= 11 is 1.58. The van der Waals surface area contributed by atoms with Crippen LogP contribution >= 0.6 is 11.3 Å². The summed E-state index contributed by atoms with van der Waals surface area (Å²) in [6, 6.07) is 7.52. The van der Waals surface area contributed by atoms with Crippen LogP contribution in [0.25, 0.3) is 4.96 Å². The summed E-state index contributed by atoms with van der Waals surface area (Å²) in [4.78, 5) is 19.5. The van der Waals surface area contributed by atoms with Gasteiger partial charge in [-0.1, -0.05) is 0 Å². The van der Waals surface area contributed by atoms with Crippen molar-refractivity contribution in [2.24, 2.45) is 0 Å². The van der Waals surface area contributed by atoms with E-state index >= 15 is 0 Å². The van der Waals surface area contributed by atoms with E-state index in [4.69, 9.17) is 0 Å². The summed E-state index contributed by atoms with van der Waals surface area (Å²) in [6.07, 6.45) is 3.89. The number of carbonyl (C=O) groups excluding carboxylic acids is 1. The molecule has 0 atom stereocenters. The van der Waals surface area contributed by atoms with Crippen molar-refractivity contribution in [3.63, 3.8) is 0 Å². The van der Waals surface area contributed by atoms with E-state index in [1.807, 2.05) is 65.4 Å². The molecule has 3 rings (SSSR count). The van der Waals surface area contributed by atoms with Gasteiger partial charge < -0.3 is 10.2 Å². The van der Waals surface area contributed by atoms with Crippen LogP contribution in [0.2, 0.25) is 0 Å². The Bertz CT molecular complexity index is 729. The van der Waals surface area contributed by atoms with Gasteiger partial charge in [0, 0.05) is 43.1 Å². The maximum absolute atomic E-state index is 12.1. The Labute approximate surface area is 126 Å². The molecule has 1 amide bonds. The average Bonchev–Trinajstić information content (AvgIpc) is 3.06. The van der Waals surface area contributed by atoms with E-state index in [0.717, 1.165) is 16.3 Å². The minimum Gasteiger partial charge on any atom is -0.378 e. The van der Waals surface area contributed by atoms with Gasteiger partial charge in [0.2, 0.25) is 0 Å². The van der Waals surface area contributed by atoms with Gasteiger partial charge in [0.15, 0.2) is 4.96 Å². The number of aromatic nitrogens is 2. The van der Waals surface area contributed by atoms with E-state index in [0.29, 0.717) is 12.1 Å². The predicted octanol–water partition coefficient (Wildman–Crippen LogP) is 2.39. The fourth-order valence-electron chi connectivity index (χ4n) is 2.05. The van der Waals surface area contributed by atoms with Crippen LogP contribution in [0.5, 0.6) is 0 Å². The molecule has 5 nitrogen and oxygen atoms in total. The molecule has 0 aliphatic heterocycles. The quantitative estimate of drug-likeness (QED) is 0.805. The third-order valence-electron chi connectivity index (χ3n) is 3.22. The zero-order valence-electron chi connectivity index (χ0n) is 11.9. The lowest BCUT2D eigenvalue weighted by Crippen LogP contribution is -2.23. The van der Waals surface area contributed by atoms with Gasteiger partial charge in [-0.15, -0.1) is 11.3 Å². The van der Waals surface area contributed by atoms with Gasteiger partial charge in [-0.3, -0.25) is 9.20 Å². The maximum Gasteiger partial charge on any atom is 0.251 e. The average molecular weight is 300 g/mol. The molecule has 0 saturated carbocycles. The highest BCUT2D eigenvalue weighted by Crippen LogP contribution is 2.13. The number of benzene rings is 1. The van der Waals surface area contributed by atoms with Gasteiger partial charge in [-0.05, 0) is 24.3 Å². The molecule has 0 saturated heterocycles. The summed E-state index contributed by atoms with van der Waals surface area (Å²) < 4.78 is 1.96. The zero-order valence-corrected chi connectivity index (χ0v) is 12.7. The monoisotopic (exact) mass is 300 g/mol. The first-order valence-electron chi connectivity index (χ1n) is 6.60. The van der Waals surface area contributed by atoms with E-state index in [2.05, 4.69) is 10.3 Å². The Balaban J connectivity index is 1.64. The minimum atomic E-state index is -0.0864. The number of carbonyl (C=O) groups is 1. The Hall–Kier alpha value is -2.34. The molecule has 0 spiro atoms. The van der Waals surface area contributed by atoms with Crippen molar-refractivity contribution in [1.29, 1.82) is 0 Å². The molecule has 1 aromatic carbocycles. The first-order valence-corrected chi connectivity index (χ1v) is 7.48. The Morgan fingerprint density at radius 3 is 2.76 bits per heavy atom. The molecular formula is C15H16N4OS. The highest BCUT2D eigenvalue weighted by molar-refractivity contribution is 7.15. The third kappa shape index (κ3) is 2.90. The second-order valence-corrected chi connectivity index (χ2v) is 5.82. The van der Waals surface area contributed by atoms with Crippen molar-refractivity contribution in [3.8, 4) is 0 Å². The molecule has 3 aromatic rings. The molecule has 6 heteroatoms. The Morgan fingerprint density at radius 2 is 2.10 bits per heavy atom. The topological polar surface area (TPSA) is 49.6 Å². The number of rotatable bonds is 4. The normalized spacial score (nSPS) is 10.8. The molecule has 0 bridgehead atoms. The van der Waals surface area contributed by atoms with E-state index in [9.17, 15) is 4.79 Å². The lowest BCUT2D eigenvalue weighted by molar-refractivity contribution is 0.0950. The molecule has 21 heavy (non-hydrogen) atoms. The molecule has 2 aromatic heterocycles. The van der Waals surface area contributed by atoms with Crippen LogP contribution in [0.3, 0.4) is 0 Å². The van der Waals surface area contributed by atoms with Crippen LogP contribution in [-0.4, -0.2) is 29.4 Å². The molecule has 0 radical (unpaired) electrons. The number of hydrogen-bond donors (Lipinski definition) is 1. The SMILES string of the molecule is CN(C)c1ccc(C(=O)NCc2cn3ccsc3n2)cc1. The van der Waals surface area contributed by atoms with Gasteiger partial charge in [0.1, 0.15) is 0 Å². The van der Waals surface area contributed by atoms with Gasteiger partial charge in [0.25, 0.3) is 5.91 Å². The summed E-state index contributed by atoms with van der Waals surface area (Å²) in [5.74, 6) is -0.0864. The molecule has 0 aliphatic rings. The number of nitrogens with zero attached hydrogens (tertiary/aromatic N) is 3. The van der Waals surface area contributed by atoms with E-state index in [1.54, 1.807) is 11.3 Å². The van der Waals surface area contributed by atoms with Gasteiger partial charge in [-0.2, -0.15) is 0 Å². The number of amides is 1. The Kier molecular flexibility index (Phi) is 3.62. The van der Waals surface area contributed by atoms with Crippen LogP contribution in [0, 0.1) is 0 Å². The van der Waals surface area contributed by atoms with Crippen molar-refractivity contribution < 1.29 is 4.79 Å². The Morgan fingerprint density at radius 1 is 1.33 bits per heavy atom. The largest absolute Gasteiger partial charge is 0.378 e. The van der Waals surface area contributed by atoms with Crippen molar-refractivity contribution in [3.05, 3.63) is 53.3 Å². The predicted molar refractivity (Wildman–Crippen MR) is 85.0 cm³/mol.